The standard InChI is InChI=1S/C19H16ClN3O3S/c1-10-11(2)25-19(21-10)12-4-3-5-13(8-12)22-18(24)15-9-14(23-26-15)16-6-7-17(20)27-16/h3-8,15H,9H2,1-2H3,(H,22,24)/t15-/m1/s1. The lowest BCUT2D eigenvalue weighted by Gasteiger charge is -2.10. The van der Waals surface area contributed by atoms with Crippen LogP contribution < -0.4 is 5.32 Å². The van der Waals surface area contributed by atoms with Gasteiger partial charge in [-0.1, -0.05) is 22.8 Å². The number of aryl methyl sites for hydroxylation is 2. The molecule has 0 bridgehead atoms. The Hall–Kier alpha value is -2.64. The van der Waals surface area contributed by atoms with Crippen LogP contribution in [0.1, 0.15) is 22.8 Å². The number of oxazole rings is 1. The summed E-state index contributed by atoms with van der Waals surface area (Å²) in [6.07, 6.45) is -0.267. The first-order valence-corrected chi connectivity index (χ1v) is 9.53. The molecule has 0 spiro atoms. The normalized spacial score (nSPS) is 16.1. The van der Waals surface area contributed by atoms with Gasteiger partial charge in [0.1, 0.15) is 11.5 Å². The molecule has 1 amide bonds. The zero-order valence-corrected chi connectivity index (χ0v) is 16.2. The molecular formula is C19H16ClN3O3S. The van der Waals surface area contributed by atoms with Crippen molar-refractivity contribution in [3.05, 3.63) is 57.1 Å². The molecule has 1 N–H and O–H groups in total. The Labute approximate surface area is 164 Å². The van der Waals surface area contributed by atoms with Crippen molar-refractivity contribution in [1.29, 1.82) is 0 Å². The minimum absolute atomic E-state index is 0.256. The van der Waals surface area contributed by atoms with Crippen LogP contribution in [0.15, 0.2) is 46.0 Å². The van der Waals surface area contributed by atoms with E-state index in [1.54, 1.807) is 12.1 Å². The fraction of sp³-hybridized carbons (Fsp3) is 0.211. The minimum atomic E-state index is -0.671. The molecule has 3 aromatic rings. The smallest absolute Gasteiger partial charge is 0.268 e. The molecule has 3 heterocycles. The highest BCUT2D eigenvalue weighted by Gasteiger charge is 2.29. The van der Waals surface area contributed by atoms with Crippen LogP contribution in [0.25, 0.3) is 11.5 Å². The molecular weight excluding hydrogens is 386 g/mol. The Bertz CT molecular complexity index is 1020. The van der Waals surface area contributed by atoms with Crippen LogP contribution in [-0.4, -0.2) is 22.7 Å². The molecule has 0 radical (unpaired) electrons. The first-order valence-electron chi connectivity index (χ1n) is 8.33. The molecule has 0 saturated carbocycles. The molecule has 2 aromatic heterocycles. The number of oxime groups is 1. The van der Waals surface area contributed by atoms with Crippen LogP contribution in [0.3, 0.4) is 0 Å². The Morgan fingerprint density at radius 2 is 2.15 bits per heavy atom. The number of carbonyl (C=O) groups excluding carboxylic acids is 1. The molecule has 138 valence electrons. The summed E-state index contributed by atoms with van der Waals surface area (Å²) in [5.41, 5.74) is 3.01. The number of amides is 1. The van der Waals surface area contributed by atoms with Crippen LogP contribution in [0.2, 0.25) is 4.34 Å². The lowest BCUT2D eigenvalue weighted by atomic mass is 10.1. The summed E-state index contributed by atoms with van der Waals surface area (Å²) in [6.45, 7) is 3.76. The summed E-state index contributed by atoms with van der Waals surface area (Å²) < 4.78 is 6.32. The second-order valence-electron chi connectivity index (χ2n) is 6.17. The molecule has 1 aliphatic heterocycles. The third kappa shape index (κ3) is 3.74. The van der Waals surface area contributed by atoms with E-state index in [1.807, 2.05) is 38.1 Å². The van der Waals surface area contributed by atoms with E-state index < -0.39 is 6.10 Å². The first-order chi connectivity index (χ1) is 13.0. The van der Waals surface area contributed by atoms with Gasteiger partial charge in [-0.05, 0) is 44.2 Å². The Morgan fingerprint density at radius 3 is 2.85 bits per heavy atom. The van der Waals surface area contributed by atoms with Crippen molar-refractivity contribution in [1.82, 2.24) is 4.98 Å². The van der Waals surface area contributed by atoms with E-state index in [2.05, 4.69) is 15.5 Å². The van der Waals surface area contributed by atoms with Gasteiger partial charge in [-0.3, -0.25) is 4.79 Å². The van der Waals surface area contributed by atoms with Gasteiger partial charge in [-0.25, -0.2) is 4.98 Å². The number of aromatic nitrogens is 1. The van der Waals surface area contributed by atoms with Crippen molar-refractivity contribution in [2.24, 2.45) is 5.16 Å². The number of nitrogens with zero attached hydrogens (tertiary/aromatic N) is 2. The average molecular weight is 402 g/mol. The van der Waals surface area contributed by atoms with E-state index in [0.717, 1.165) is 27.6 Å². The summed E-state index contributed by atoms with van der Waals surface area (Å²) in [5.74, 6) is 1.05. The number of anilines is 1. The maximum atomic E-state index is 12.5. The monoisotopic (exact) mass is 401 g/mol. The maximum Gasteiger partial charge on any atom is 0.268 e. The van der Waals surface area contributed by atoms with E-state index in [4.69, 9.17) is 20.9 Å². The molecule has 1 atom stereocenters. The van der Waals surface area contributed by atoms with Gasteiger partial charge in [0.25, 0.3) is 5.91 Å². The van der Waals surface area contributed by atoms with Crippen molar-refractivity contribution >= 4 is 40.2 Å². The van der Waals surface area contributed by atoms with E-state index in [9.17, 15) is 4.79 Å². The number of rotatable bonds is 4. The number of hydrogen-bond donors (Lipinski definition) is 1. The predicted molar refractivity (Wildman–Crippen MR) is 105 cm³/mol. The van der Waals surface area contributed by atoms with Crippen molar-refractivity contribution in [2.45, 2.75) is 26.4 Å². The molecule has 27 heavy (non-hydrogen) atoms. The predicted octanol–water partition coefficient (Wildman–Crippen LogP) is 4.81. The Balaban J connectivity index is 1.44. The van der Waals surface area contributed by atoms with E-state index in [-0.39, 0.29) is 5.91 Å². The average Bonchev–Trinajstić information content (AvgIpc) is 3.36. The maximum absolute atomic E-state index is 12.5. The van der Waals surface area contributed by atoms with Gasteiger partial charge in [0.15, 0.2) is 0 Å². The molecule has 0 aliphatic carbocycles. The molecule has 4 rings (SSSR count). The SMILES string of the molecule is Cc1nc(-c2cccc(NC(=O)[C@H]3CC(c4ccc(Cl)s4)=NO3)c2)oc1C. The summed E-state index contributed by atoms with van der Waals surface area (Å²) in [7, 11) is 0. The van der Waals surface area contributed by atoms with Crippen LogP contribution in [-0.2, 0) is 9.63 Å². The van der Waals surface area contributed by atoms with Gasteiger partial charge in [0, 0.05) is 17.7 Å². The Morgan fingerprint density at radius 1 is 1.30 bits per heavy atom. The summed E-state index contributed by atoms with van der Waals surface area (Å²) in [5, 5.41) is 6.89. The molecule has 0 saturated heterocycles. The van der Waals surface area contributed by atoms with Crippen LogP contribution in [0.5, 0.6) is 0 Å². The highest BCUT2D eigenvalue weighted by Crippen LogP contribution is 2.27. The van der Waals surface area contributed by atoms with Gasteiger partial charge >= 0.3 is 0 Å². The molecule has 0 fully saturated rings. The van der Waals surface area contributed by atoms with Crippen LogP contribution in [0.4, 0.5) is 5.69 Å². The zero-order valence-electron chi connectivity index (χ0n) is 14.7. The fourth-order valence-corrected chi connectivity index (χ4v) is 3.71. The highest BCUT2D eigenvalue weighted by atomic mass is 35.5. The second-order valence-corrected chi connectivity index (χ2v) is 7.89. The number of benzene rings is 1. The van der Waals surface area contributed by atoms with Gasteiger partial charge in [-0.2, -0.15) is 0 Å². The van der Waals surface area contributed by atoms with E-state index >= 15 is 0 Å². The number of carbonyl (C=O) groups is 1. The minimum Gasteiger partial charge on any atom is -0.441 e. The number of halogens is 1. The number of nitrogens with one attached hydrogen (secondary N) is 1. The van der Waals surface area contributed by atoms with E-state index in [1.165, 1.54) is 11.3 Å². The summed E-state index contributed by atoms with van der Waals surface area (Å²) in [4.78, 5) is 23.1. The molecule has 1 aliphatic rings. The second kappa shape index (κ2) is 7.17. The van der Waals surface area contributed by atoms with Gasteiger partial charge in [0.2, 0.25) is 12.0 Å². The quantitative estimate of drug-likeness (QED) is 0.680. The number of hydrogen-bond acceptors (Lipinski definition) is 6. The molecule has 6 nitrogen and oxygen atoms in total. The Kier molecular flexibility index (Phi) is 4.72. The van der Waals surface area contributed by atoms with Gasteiger partial charge in [0.05, 0.1) is 14.9 Å². The molecule has 1 aromatic carbocycles. The fourth-order valence-electron chi connectivity index (χ4n) is 2.68. The lowest BCUT2D eigenvalue weighted by Crippen LogP contribution is -2.27. The highest BCUT2D eigenvalue weighted by molar-refractivity contribution is 7.18. The third-order valence-corrected chi connectivity index (χ3v) is 5.50. The topological polar surface area (TPSA) is 76.7 Å². The molecule has 8 heteroatoms. The summed E-state index contributed by atoms with van der Waals surface area (Å²) >= 11 is 7.36. The number of thiophene rings is 1. The first kappa shape index (κ1) is 17.8. The van der Waals surface area contributed by atoms with Gasteiger partial charge < -0.3 is 14.6 Å². The van der Waals surface area contributed by atoms with Crippen molar-refractivity contribution in [2.75, 3.05) is 5.32 Å². The van der Waals surface area contributed by atoms with Gasteiger partial charge in [-0.15, -0.1) is 11.3 Å². The van der Waals surface area contributed by atoms with E-state index in [0.29, 0.717) is 22.3 Å². The summed E-state index contributed by atoms with van der Waals surface area (Å²) in [6, 6.07) is 11.0. The lowest BCUT2D eigenvalue weighted by molar-refractivity contribution is -0.125. The van der Waals surface area contributed by atoms with Crippen LogP contribution in [0, 0.1) is 13.8 Å². The third-order valence-electron chi connectivity index (χ3n) is 4.22. The van der Waals surface area contributed by atoms with Crippen molar-refractivity contribution < 1.29 is 14.0 Å². The zero-order chi connectivity index (χ0) is 19.0. The molecule has 0 unspecified atom stereocenters. The van der Waals surface area contributed by atoms with Crippen molar-refractivity contribution in [3.63, 3.8) is 0 Å². The van der Waals surface area contributed by atoms with Crippen molar-refractivity contribution in [3.8, 4) is 11.5 Å². The van der Waals surface area contributed by atoms with Crippen LogP contribution >= 0.6 is 22.9 Å². The largest absolute Gasteiger partial charge is 0.441 e.